The Morgan fingerprint density at radius 2 is 2.56 bits per heavy atom. The van der Waals surface area contributed by atoms with Crippen molar-refractivity contribution in [1.82, 2.24) is 5.32 Å². The fraction of sp³-hybridized carbons (Fsp3) is 0.800. The highest BCUT2D eigenvalue weighted by atomic mass is 16.6. The van der Waals surface area contributed by atoms with Crippen molar-refractivity contribution >= 4 is 6.09 Å². The first kappa shape index (κ1) is 6.35. The molecule has 0 aromatic carbocycles. The molecule has 0 saturated carbocycles. The lowest BCUT2D eigenvalue weighted by molar-refractivity contribution is 0.117. The van der Waals surface area contributed by atoms with Crippen LogP contribution in [0, 0.1) is 0 Å². The normalized spacial score (nSPS) is 26.0. The second kappa shape index (κ2) is 2.68. The Labute approximate surface area is 53.4 Å². The predicted molar refractivity (Wildman–Crippen MR) is 31.9 cm³/mol. The molecule has 0 bridgehead atoms. The van der Waals surface area contributed by atoms with Gasteiger partial charge in [-0.1, -0.05) is 0 Å². The Morgan fingerprint density at radius 1 is 1.78 bits per heavy atom. The summed E-state index contributed by atoms with van der Waals surface area (Å²) < 4.78 is 4.69. The third kappa shape index (κ3) is 1.89. The van der Waals surface area contributed by atoms with Crippen LogP contribution in [0.15, 0.2) is 0 Å². The number of nitrogens with two attached hydrogens (primary N) is 1. The molecule has 1 aliphatic rings. The van der Waals surface area contributed by atoms with Gasteiger partial charge in [0, 0.05) is 6.54 Å². The van der Waals surface area contributed by atoms with Gasteiger partial charge in [0.2, 0.25) is 0 Å². The van der Waals surface area contributed by atoms with E-state index in [1.54, 1.807) is 0 Å². The number of hydrogen-bond donors (Lipinski definition) is 2. The average molecular weight is 130 g/mol. The first-order chi connectivity index (χ1) is 4.29. The number of ether oxygens (including phenoxy) is 1. The van der Waals surface area contributed by atoms with E-state index < -0.39 is 6.09 Å². The fourth-order valence-corrected chi connectivity index (χ4v) is 0.893. The van der Waals surface area contributed by atoms with Crippen molar-refractivity contribution in [3.05, 3.63) is 0 Å². The molecule has 0 aromatic heterocycles. The standard InChI is InChI=1S/C5H10N2O2/c6-5(8)9-4-1-2-7-3-4/h4,7H,1-3H2,(H2,6,8)/t4-/m1/s1. The van der Waals surface area contributed by atoms with Crippen molar-refractivity contribution in [2.24, 2.45) is 5.73 Å². The summed E-state index contributed by atoms with van der Waals surface area (Å²) in [4.78, 5) is 10.1. The molecule has 9 heavy (non-hydrogen) atoms. The van der Waals surface area contributed by atoms with Crippen LogP contribution in [0.3, 0.4) is 0 Å². The summed E-state index contributed by atoms with van der Waals surface area (Å²) in [6, 6.07) is 0. The molecule has 1 saturated heterocycles. The van der Waals surface area contributed by atoms with Crippen LogP contribution in [0.4, 0.5) is 4.79 Å². The number of nitrogens with one attached hydrogen (secondary N) is 1. The van der Waals surface area contributed by atoms with E-state index in [-0.39, 0.29) is 6.10 Å². The maximum absolute atomic E-state index is 10.1. The second-order valence-corrected chi connectivity index (χ2v) is 2.05. The molecule has 3 N–H and O–H groups in total. The highest BCUT2D eigenvalue weighted by Crippen LogP contribution is 2.01. The van der Waals surface area contributed by atoms with Crippen molar-refractivity contribution in [2.45, 2.75) is 12.5 Å². The Balaban J connectivity index is 2.19. The molecule has 52 valence electrons. The maximum atomic E-state index is 10.1. The fourth-order valence-electron chi connectivity index (χ4n) is 0.893. The zero-order valence-corrected chi connectivity index (χ0v) is 5.09. The summed E-state index contributed by atoms with van der Waals surface area (Å²) in [5.41, 5.74) is 4.78. The lowest BCUT2D eigenvalue weighted by Crippen LogP contribution is -2.24. The molecule has 4 nitrogen and oxygen atoms in total. The summed E-state index contributed by atoms with van der Waals surface area (Å²) in [5.74, 6) is 0. The first-order valence-corrected chi connectivity index (χ1v) is 2.96. The van der Waals surface area contributed by atoms with Gasteiger partial charge in [-0.3, -0.25) is 0 Å². The molecule has 4 heteroatoms. The van der Waals surface area contributed by atoms with Gasteiger partial charge in [0.25, 0.3) is 0 Å². The van der Waals surface area contributed by atoms with Gasteiger partial charge < -0.3 is 15.8 Å². The van der Waals surface area contributed by atoms with E-state index in [1.165, 1.54) is 0 Å². The molecule has 0 spiro atoms. The average Bonchev–Trinajstić information content (AvgIpc) is 2.15. The van der Waals surface area contributed by atoms with Crippen LogP contribution in [-0.4, -0.2) is 25.3 Å². The monoisotopic (exact) mass is 130 g/mol. The van der Waals surface area contributed by atoms with Gasteiger partial charge in [-0.15, -0.1) is 0 Å². The number of carbonyl (C=O) groups excluding carboxylic acids is 1. The van der Waals surface area contributed by atoms with Crippen molar-refractivity contribution in [2.75, 3.05) is 13.1 Å². The highest BCUT2D eigenvalue weighted by molar-refractivity contribution is 5.64. The second-order valence-electron chi connectivity index (χ2n) is 2.05. The lowest BCUT2D eigenvalue weighted by Gasteiger charge is -2.05. The van der Waals surface area contributed by atoms with E-state index in [0.29, 0.717) is 0 Å². The molecular formula is C5H10N2O2. The van der Waals surface area contributed by atoms with Crippen LogP contribution in [0.25, 0.3) is 0 Å². The van der Waals surface area contributed by atoms with E-state index >= 15 is 0 Å². The van der Waals surface area contributed by atoms with Gasteiger partial charge in [-0.05, 0) is 13.0 Å². The summed E-state index contributed by atoms with van der Waals surface area (Å²) in [6.45, 7) is 1.65. The number of carbonyl (C=O) groups is 1. The molecule has 0 unspecified atom stereocenters. The highest BCUT2D eigenvalue weighted by Gasteiger charge is 2.16. The maximum Gasteiger partial charge on any atom is 0.404 e. The minimum absolute atomic E-state index is 0.00231. The molecule has 1 aliphatic heterocycles. The Bertz CT molecular complexity index is 110. The molecule has 0 radical (unpaired) electrons. The van der Waals surface area contributed by atoms with Gasteiger partial charge in [-0.25, -0.2) is 4.79 Å². The lowest BCUT2D eigenvalue weighted by atomic mass is 10.3. The van der Waals surface area contributed by atoms with Crippen molar-refractivity contribution in [1.29, 1.82) is 0 Å². The third-order valence-corrected chi connectivity index (χ3v) is 1.30. The van der Waals surface area contributed by atoms with Crippen LogP contribution in [0.2, 0.25) is 0 Å². The van der Waals surface area contributed by atoms with Crippen molar-refractivity contribution < 1.29 is 9.53 Å². The van der Waals surface area contributed by atoms with Gasteiger partial charge in [0.15, 0.2) is 0 Å². The van der Waals surface area contributed by atoms with E-state index in [1.807, 2.05) is 0 Å². The molecule has 1 rings (SSSR count). The Morgan fingerprint density at radius 3 is 3.00 bits per heavy atom. The van der Waals surface area contributed by atoms with Crippen LogP contribution in [0.5, 0.6) is 0 Å². The first-order valence-electron chi connectivity index (χ1n) is 2.96. The van der Waals surface area contributed by atoms with E-state index in [4.69, 9.17) is 5.73 Å². The Kier molecular flexibility index (Phi) is 1.89. The largest absolute Gasteiger partial charge is 0.445 e. The van der Waals surface area contributed by atoms with E-state index in [0.717, 1.165) is 19.5 Å². The van der Waals surface area contributed by atoms with Crippen LogP contribution >= 0.6 is 0 Å². The van der Waals surface area contributed by atoms with Crippen LogP contribution in [-0.2, 0) is 4.74 Å². The molecule has 0 aliphatic carbocycles. The molecule has 1 amide bonds. The smallest absolute Gasteiger partial charge is 0.404 e. The minimum Gasteiger partial charge on any atom is -0.445 e. The van der Waals surface area contributed by atoms with E-state index in [9.17, 15) is 4.79 Å². The molecule has 1 atom stereocenters. The number of amides is 1. The summed E-state index contributed by atoms with van der Waals surface area (Å²) >= 11 is 0. The van der Waals surface area contributed by atoms with Crippen molar-refractivity contribution in [3.63, 3.8) is 0 Å². The van der Waals surface area contributed by atoms with Gasteiger partial charge in [0.1, 0.15) is 6.10 Å². The zero-order chi connectivity index (χ0) is 6.69. The molecule has 1 fully saturated rings. The zero-order valence-electron chi connectivity index (χ0n) is 5.09. The van der Waals surface area contributed by atoms with Gasteiger partial charge in [0.05, 0.1) is 0 Å². The van der Waals surface area contributed by atoms with E-state index in [2.05, 4.69) is 10.1 Å². The minimum atomic E-state index is -0.677. The van der Waals surface area contributed by atoms with Gasteiger partial charge >= 0.3 is 6.09 Å². The summed E-state index contributed by atoms with van der Waals surface area (Å²) in [6.07, 6.45) is 0.203. The number of hydrogen-bond acceptors (Lipinski definition) is 3. The third-order valence-electron chi connectivity index (χ3n) is 1.30. The predicted octanol–water partition coefficient (Wildman–Crippen LogP) is -0.556. The molecular weight excluding hydrogens is 120 g/mol. The number of rotatable bonds is 1. The van der Waals surface area contributed by atoms with Crippen molar-refractivity contribution in [3.8, 4) is 0 Å². The molecule has 0 aromatic rings. The topological polar surface area (TPSA) is 64.4 Å². The SMILES string of the molecule is NC(=O)O[C@@H]1CCNC1. The summed E-state index contributed by atoms with van der Waals surface area (Å²) in [7, 11) is 0. The quantitative estimate of drug-likeness (QED) is 0.500. The summed E-state index contributed by atoms with van der Waals surface area (Å²) in [5, 5.41) is 3.04. The van der Waals surface area contributed by atoms with Crippen LogP contribution < -0.4 is 11.1 Å². The Hall–Kier alpha value is -0.770. The van der Waals surface area contributed by atoms with Crippen LogP contribution in [0.1, 0.15) is 6.42 Å². The van der Waals surface area contributed by atoms with Gasteiger partial charge in [-0.2, -0.15) is 0 Å². The molecule has 1 heterocycles. The number of primary amides is 1.